The first kappa shape index (κ1) is 13.9. The maximum atomic E-state index is 12.2. The normalized spacial score (nSPS) is 22.3. The van der Waals surface area contributed by atoms with Gasteiger partial charge in [0.15, 0.2) is 0 Å². The van der Waals surface area contributed by atoms with Crippen LogP contribution in [0.4, 0.5) is 10.5 Å². The van der Waals surface area contributed by atoms with Crippen molar-refractivity contribution in [3.8, 4) is 0 Å². The summed E-state index contributed by atoms with van der Waals surface area (Å²) in [6, 6.07) is 8.07. The Labute approximate surface area is 115 Å². The minimum Gasteiger partial charge on any atom is -0.330 e. The van der Waals surface area contributed by atoms with Crippen molar-refractivity contribution in [1.29, 1.82) is 0 Å². The van der Waals surface area contributed by atoms with Gasteiger partial charge in [-0.25, -0.2) is 4.79 Å². The van der Waals surface area contributed by atoms with Crippen molar-refractivity contribution < 1.29 is 4.79 Å². The van der Waals surface area contributed by atoms with E-state index in [0.717, 1.165) is 24.9 Å². The van der Waals surface area contributed by atoms with Crippen LogP contribution in [-0.2, 0) is 0 Å². The maximum absolute atomic E-state index is 12.2. The lowest BCUT2D eigenvalue weighted by Gasteiger charge is -2.29. The first-order valence-electron chi connectivity index (χ1n) is 6.92. The average molecular weight is 261 g/mol. The van der Waals surface area contributed by atoms with E-state index in [2.05, 4.69) is 5.32 Å². The molecule has 0 heterocycles. The highest BCUT2D eigenvalue weighted by molar-refractivity contribution is 5.89. The molecule has 1 fully saturated rings. The molecule has 2 amide bonds. The van der Waals surface area contributed by atoms with Crippen molar-refractivity contribution >= 4 is 11.7 Å². The first-order valence-corrected chi connectivity index (χ1v) is 6.92. The number of nitrogens with one attached hydrogen (secondary N) is 1. The summed E-state index contributed by atoms with van der Waals surface area (Å²) in [5, 5.41) is 2.94. The Bertz CT molecular complexity index is 430. The molecule has 0 saturated heterocycles. The van der Waals surface area contributed by atoms with E-state index in [1.54, 1.807) is 0 Å². The first-order chi connectivity index (χ1) is 9.11. The molecular weight excluding hydrogens is 238 g/mol. The van der Waals surface area contributed by atoms with E-state index in [1.165, 1.54) is 5.56 Å². The summed E-state index contributed by atoms with van der Waals surface area (Å²) in [5.41, 5.74) is 7.80. The summed E-state index contributed by atoms with van der Waals surface area (Å²) < 4.78 is 0. The van der Waals surface area contributed by atoms with Crippen LogP contribution in [0.2, 0.25) is 0 Å². The second kappa shape index (κ2) is 6.06. The predicted octanol–water partition coefficient (Wildman–Crippen LogP) is 2.59. The Morgan fingerprint density at radius 3 is 2.68 bits per heavy atom. The monoisotopic (exact) mass is 261 g/mol. The van der Waals surface area contributed by atoms with Gasteiger partial charge in [-0.15, -0.1) is 0 Å². The second-order valence-electron chi connectivity index (χ2n) is 5.40. The van der Waals surface area contributed by atoms with Gasteiger partial charge in [-0.05, 0) is 44.4 Å². The quantitative estimate of drug-likeness (QED) is 0.878. The van der Waals surface area contributed by atoms with Crippen molar-refractivity contribution in [3.63, 3.8) is 0 Å². The molecule has 1 saturated carbocycles. The smallest absolute Gasteiger partial charge is 0.321 e. The van der Waals surface area contributed by atoms with Crippen molar-refractivity contribution in [2.45, 2.75) is 32.2 Å². The summed E-state index contributed by atoms with van der Waals surface area (Å²) in [5.74, 6) is 0.439. The van der Waals surface area contributed by atoms with Crippen LogP contribution in [0.25, 0.3) is 0 Å². The highest BCUT2D eigenvalue weighted by Gasteiger charge is 2.31. The third-order valence-corrected chi connectivity index (χ3v) is 4.04. The molecule has 1 aromatic carbocycles. The molecule has 0 aliphatic heterocycles. The molecule has 2 atom stereocenters. The van der Waals surface area contributed by atoms with E-state index in [0.29, 0.717) is 12.5 Å². The number of nitrogens with two attached hydrogens (primary N) is 1. The van der Waals surface area contributed by atoms with Crippen molar-refractivity contribution in [1.82, 2.24) is 4.90 Å². The molecule has 4 nitrogen and oxygen atoms in total. The maximum Gasteiger partial charge on any atom is 0.321 e. The van der Waals surface area contributed by atoms with Crippen LogP contribution in [0, 0.1) is 12.8 Å². The van der Waals surface area contributed by atoms with E-state index in [-0.39, 0.29) is 12.1 Å². The third-order valence-electron chi connectivity index (χ3n) is 4.04. The van der Waals surface area contributed by atoms with Gasteiger partial charge < -0.3 is 16.0 Å². The van der Waals surface area contributed by atoms with Crippen LogP contribution in [0.3, 0.4) is 0 Å². The van der Waals surface area contributed by atoms with Gasteiger partial charge in [0.1, 0.15) is 0 Å². The van der Waals surface area contributed by atoms with Gasteiger partial charge in [-0.3, -0.25) is 0 Å². The summed E-state index contributed by atoms with van der Waals surface area (Å²) in [4.78, 5) is 14.0. The fraction of sp³-hybridized carbons (Fsp3) is 0.533. The fourth-order valence-electron chi connectivity index (χ4n) is 2.80. The van der Waals surface area contributed by atoms with Crippen LogP contribution >= 0.6 is 0 Å². The molecule has 19 heavy (non-hydrogen) atoms. The molecular formula is C15H23N3O. The molecule has 0 radical (unpaired) electrons. The van der Waals surface area contributed by atoms with Gasteiger partial charge in [0, 0.05) is 18.8 Å². The van der Waals surface area contributed by atoms with Gasteiger partial charge in [0.25, 0.3) is 0 Å². The predicted molar refractivity (Wildman–Crippen MR) is 78.1 cm³/mol. The molecule has 104 valence electrons. The molecule has 1 aromatic rings. The zero-order valence-corrected chi connectivity index (χ0v) is 11.7. The van der Waals surface area contributed by atoms with Crippen molar-refractivity contribution in [2.75, 3.05) is 18.9 Å². The van der Waals surface area contributed by atoms with Crippen LogP contribution in [0.1, 0.15) is 24.8 Å². The Hall–Kier alpha value is -1.55. The summed E-state index contributed by atoms with van der Waals surface area (Å²) in [6.45, 7) is 2.69. The second-order valence-corrected chi connectivity index (χ2v) is 5.40. The number of benzene rings is 1. The van der Waals surface area contributed by atoms with E-state index in [9.17, 15) is 4.79 Å². The van der Waals surface area contributed by atoms with Gasteiger partial charge in [-0.2, -0.15) is 0 Å². The van der Waals surface area contributed by atoms with Crippen LogP contribution in [0.5, 0.6) is 0 Å². The van der Waals surface area contributed by atoms with Crippen molar-refractivity contribution in [3.05, 3.63) is 29.8 Å². The lowest BCUT2D eigenvalue weighted by atomic mass is 10.0. The number of hydrogen-bond donors (Lipinski definition) is 2. The van der Waals surface area contributed by atoms with Crippen LogP contribution in [0.15, 0.2) is 24.3 Å². The molecule has 1 aliphatic rings. The van der Waals surface area contributed by atoms with E-state index >= 15 is 0 Å². The highest BCUT2D eigenvalue weighted by atomic mass is 16.2. The number of amides is 2. The molecule has 0 spiro atoms. The van der Waals surface area contributed by atoms with E-state index < -0.39 is 0 Å². The average Bonchev–Trinajstić information content (AvgIpc) is 2.88. The van der Waals surface area contributed by atoms with Crippen LogP contribution in [-0.4, -0.2) is 30.6 Å². The van der Waals surface area contributed by atoms with Gasteiger partial charge in [0.2, 0.25) is 0 Å². The topological polar surface area (TPSA) is 58.4 Å². The molecule has 3 N–H and O–H groups in total. The molecule has 2 rings (SSSR count). The van der Waals surface area contributed by atoms with Crippen molar-refractivity contribution in [2.24, 2.45) is 11.7 Å². The number of urea groups is 1. The Kier molecular flexibility index (Phi) is 4.43. The molecule has 0 aromatic heterocycles. The number of rotatable bonds is 3. The lowest BCUT2D eigenvalue weighted by Crippen LogP contribution is -2.43. The standard InChI is InChI=1S/C15H23N3O/c1-11-6-8-13(9-7-11)17-15(19)18(2)14-5-3-4-12(14)10-16/h6-9,12,14H,3-5,10,16H2,1-2H3,(H,17,19). The summed E-state index contributed by atoms with van der Waals surface area (Å²) in [7, 11) is 1.86. The minimum absolute atomic E-state index is 0.0470. The summed E-state index contributed by atoms with van der Waals surface area (Å²) >= 11 is 0. The number of anilines is 1. The van der Waals surface area contributed by atoms with Crippen LogP contribution < -0.4 is 11.1 Å². The number of hydrogen-bond acceptors (Lipinski definition) is 2. The number of nitrogens with zero attached hydrogens (tertiary/aromatic N) is 1. The minimum atomic E-state index is -0.0470. The number of carbonyl (C=O) groups is 1. The Balaban J connectivity index is 1.97. The molecule has 0 bridgehead atoms. The SMILES string of the molecule is Cc1ccc(NC(=O)N(C)C2CCCC2CN)cc1. The number of carbonyl (C=O) groups excluding carboxylic acids is 1. The van der Waals surface area contributed by atoms with E-state index in [4.69, 9.17) is 5.73 Å². The third kappa shape index (κ3) is 3.26. The lowest BCUT2D eigenvalue weighted by molar-refractivity contribution is 0.190. The Morgan fingerprint density at radius 2 is 2.05 bits per heavy atom. The largest absolute Gasteiger partial charge is 0.330 e. The molecule has 4 heteroatoms. The van der Waals surface area contributed by atoms with Gasteiger partial charge >= 0.3 is 6.03 Å². The van der Waals surface area contributed by atoms with Gasteiger partial charge in [-0.1, -0.05) is 24.1 Å². The molecule has 1 aliphatic carbocycles. The zero-order chi connectivity index (χ0) is 13.8. The molecule has 2 unspecified atom stereocenters. The number of aryl methyl sites for hydroxylation is 1. The van der Waals surface area contributed by atoms with E-state index in [1.807, 2.05) is 43.1 Å². The fourth-order valence-corrected chi connectivity index (χ4v) is 2.80. The Morgan fingerprint density at radius 1 is 1.37 bits per heavy atom. The zero-order valence-electron chi connectivity index (χ0n) is 11.7. The van der Waals surface area contributed by atoms with Gasteiger partial charge in [0.05, 0.1) is 0 Å². The summed E-state index contributed by atoms with van der Waals surface area (Å²) in [6.07, 6.45) is 3.34. The highest BCUT2D eigenvalue weighted by Crippen LogP contribution is 2.28.